The lowest BCUT2D eigenvalue weighted by atomic mass is 9.93. The third kappa shape index (κ3) is 6.04. The van der Waals surface area contributed by atoms with Crippen molar-refractivity contribution in [1.29, 1.82) is 0 Å². The fraction of sp³-hybridized carbons (Fsp3) is 0.577. The number of aliphatic hydroxyl groups is 1. The number of aryl methyl sites for hydroxylation is 2. The van der Waals surface area contributed by atoms with Crippen LogP contribution in [0.3, 0.4) is 0 Å². The molecule has 0 bridgehead atoms. The molecule has 1 aliphatic heterocycles. The van der Waals surface area contributed by atoms with Crippen LogP contribution in [0.2, 0.25) is 0 Å². The van der Waals surface area contributed by atoms with E-state index in [1.165, 1.54) is 11.1 Å². The van der Waals surface area contributed by atoms with Crippen LogP contribution in [0.25, 0.3) is 0 Å². The average Bonchev–Trinajstić information content (AvgIpc) is 3.55. The highest BCUT2D eigenvalue weighted by atomic mass is 31.2. The van der Waals surface area contributed by atoms with Gasteiger partial charge in [0.05, 0.1) is 18.8 Å². The van der Waals surface area contributed by atoms with Gasteiger partial charge in [0.1, 0.15) is 11.4 Å². The molecule has 3 aliphatic rings. The molecule has 0 radical (unpaired) electrons. The third-order valence-corrected chi connectivity index (χ3v) is 8.54. The molecule has 1 aromatic carbocycles. The Morgan fingerprint density at radius 2 is 1.97 bits per heavy atom. The van der Waals surface area contributed by atoms with Crippen molar-refractivity contribution in [2.75, 3.05) is 23.4 Å². The molecular weight excluding hydrogens is 493 g/mol. The predicted molar refractivity (Wildman–Crippen MR) is 141 cm³/mol. The Balaban J connectivity index is 1.32. The Kier molecular flexibility index (Phi) is 7.93. The third-order valence-electron chi connectivity index (χ3n) is 8.05. The topological polar surface area (TPSA) is 140 Å². The number of aromatic nitrogens is 2. The van der Waals surface area contributed by atoms with Crippen LogP contribution >= 0.6 is 8.60 Å². The van der Waals surface area contributed by atoms with Gasteiger partial charge >= 0.3 is 8.60 Å². The van der Waals surface area contributed by atoms with Crippen molar-refractivity contribution in [3.05, 3.63) is 46.6 Å². The molecule has 10 nitrogen and oxygen atoms in total. The standard InChI is InChI=1S/C26H36N5O5P/c1-15-3-4-17(9-16(15)2)11-27-24-22(25(33)29-19-5-7-20(8-6-19)36-37(34)35)12-28-26(30-24)31-13-18-10-21(18)23(31)14-32/h3-4,9,12,18-21,23,32,34-35H,5-8,10-11,13-14H2,1-2H3,(H,29,33)(H,27,28,30). The van der Waals surface area contributed by atoms with Gasteiger partial charge in [0.15, 0.2) is 0 Å². The molecule has 2 aromatic rings. The SMILES string of the molecule is Cc1ccc(CNc2nc(N3CC4CC4C3CO)ncc2C(=O)NC2CCC(OP(O)O)CC2)cc1C. The van der Waals surface area contributed by atoms with Gasteiger partial charge in [0, 0.05) is 25.3 Å². The normalized spacial score (nSPS) is 26.8. The number of hydrogen-bond donors (Lipinski definition) is 5. The molecule has 1 aromatic heterocycles. The predicted octanol–water partition coefficient (Wildman–Crippen LogP) is 2.79. The number of anilines is 2. The second-order valence-corrected chi connectivity index (χ2v) is 11.3. The Bertz CT molecular complexity index is 1130. The van der Waals surface area contributed by atoms with Gasteiger partial charge in [0.2, 0.25) is 5.95 Å². The van der Waals surface area contributed by atoms with Crippen LogP contribution in [0.1, 0.15) is 59.2 Å². The van der Waals surface area contributed by atoms with E-state index in [1.54, 1.807) is 6.20 Å². The van der Waals surface area contributed by atoms with Gasteiger partial charge < -0.3 is 35.0 Å². The number of rotatable bonds is 9. The summed E-state index contributed by atoms with van der Waals surface area (Å²) in [5.41, 5.74) is 3.91. The summed E-state index contributed by atoms with van der Waals surface area (Å²) in [6.07, 6.45) is 5.22. The Morgan fingerprint density at radius 1 is 1.19 bits per heavy atom. The van der Waals surface area contributed by atoms with E-state index in [1.807, 2.05) is 0 Å². The highest BCUT2D eigenvalue weighted by molar-refractivity contribution is 7.39. The number of hydrogen-bond acceptors (Lipinski definition) is 9. The number of amides is 1. The zero-order valence-electron chi connectivity index (χ0n) is 21.3. The van der Waals surface area contributed by atoms with Gasteiger partial charge in [-0.05, 0) is 74.5 Å². The minimum atomic E-state index is -2.37. The zero-order chi connectivity index (χ0) is 26.1. The van der Waals surface area contributed by atoms with E-state index < -0.39 is 8.60 Å². The smallest absolute Gasteiger partial charge is 0.327 e. The van der Waals surface area contributed by atoms with Crippen molar-refractivity contribution >= 4 is 26.3 Å². The second-order valence-electron chi connectivity index (χ2n) is 10.6. The van der Waals surface area contributed by atoms with E-state index in [4.69, 9.17) is 19.3 Å². The fourth-order valence-electron chi connectivity index (χ4n) is 5.66. The first kappa shape index (κ1) is 26.3. The molecule has 200 valence electrons. The van der Waals surface area contributed by atoms with Crippen LogP contribution in [0.5, 0.6) is 0 Å². The lowest BCUT2D eigenvalue weighted by Gasteiger charge is -2.29. The van der Waals surface area contributed by atoms with E-state index in [0.29, 0.717) is 61.4 Å². The lowest BCUT2D eigenvalue weighted by molar-refractivity contribution is 0.0878. The molecule has 11 heteroatoms. The summed E-state index contributed by atoms with van der Waals surface area (Å²) in [5, 5.41) is 16.4. The summed E-state index contributed by atoms with van der Waals surface area (Å²) in [4.78, 5) is 42.9. The first-order valence-corrected chi connectivity index (χ1v) is 14.2. The molecule has 1 saturated heterocycles. The van der Waals surface area contributed by atoms with Gasteiger partial charge in [-0.25, -0.2) is 4.98 Å². The number of benzene rings is 1. The molecule has 2 heterocycles. The van der Waals surface area contributed by atoms with E-state index >= 15 is 0 Å². The van der Waals surface area contributed by atoms with Crippen molar-refractivity contribution in [2.45, 2.75) is 70.7 Å². The number of nitrogens with one attached hydrogen (secondary N) is 2. The molecule has 37 heavy (non-hydrogen) atoms. The van der Waals surface area contributed by atoms with E-state index in [0.717, 1.165) is 18.5 Å². The van der Waals surface area contributed by atoms with Gasteiger partial charge in [-0.2, -0.15) is 4.98 Å². The fourth-order valence-corrected chi connectivity index (χ4v) is 6.13. The van der Waals surface area contributed by atoms with Crippen molar-refractivity contribution in [1.82, 2.24) is 15.3 Å². The van der Waals surface area contributed by atoms with Crippen molar-refractivity contribution < 1.29 is 24.2 Å². The quantitative estimate of drug-likeness (QED) is 0.310. The minimum Gasteiger partial charge on any atom is -0.394 e. The first-order chi connectivity index (χ1) is 17.8. The number of fused-ring (bicyclic) bond motifs is 1. The summed E-state index contributed by atoms with van der Waals surface area (Å²) in [5.74, 6) is 1.85. The number of carbonyl (C=O) groups is 1. The van der Waals surface area contributed by atoms with Gasteiger partial charge in [0.25, 0.3) is 5.91 Å². The molecule has 3 fully saturated rings. The molecule has 5 N–H and O–H groups in total. The van der Waals surface area contributed by atoms with E-state index in [9.17, 15) is 9.90 Å². The van der Waals surface area contributed by atoms with Crippen LogP contribution < -0.4 is 15.5 Å². The summed E-state index contributed by atoms with van der Waals surface area (Å²) >= 11 is 0. The Labute approximate surface area is 218 Å². The molecule has 1 amide bonds. The summed E-state index contributed by atoms with van der Waals surface area (Å²) in [6, 6.07) is 6.27. The van der Waals surface area contributed by atoms with Gasteiger partial charge in [-0.15, -0.1) is 0 Å². The van der Waals surface area contributed by atoms with Gasteiger partial charge in [-0.3, -0.25) is 4.79 Å². The Hall–Kier alpha value is -2.36. The average molecular weight is 530 g/mol. The van der Waals surface area contributed by atoms with Crippen LogP contribution in [0.15, 0.2) is 24.4 Å². The molecule has 0 spiro atoms. The molecule has 3 unspecified atom stereocenters. The summed E-state index contributed by atoms with van der Waals surface area (Å²) in [6.45, 7) is 5.57. The maximum Gasteiger partial charge on any atom is 0.327 e. The lowest BCUT2D eigenvalue weighted by Crippen LogP contribution is -2.40. The first-order valence-electron chi connectivity index (χ1n) is 13.0. The number of nitrogens with zero attached hydrogens (tertiary/aromatic N) is 3. The molecular formula is C26H36N5O5P. The van der Waals surface area contributed by atoms with E-state index in [-0.39, 0.29) is 30.7 Å². The molecule has 2 saturated carbocycles. The van der Waals surface area contributed by atoms with Gasteiger partial charge in [-0.1, -0.05) is 18.2 Å². The maximum atomic E-state index is 13.3. The van der Waals surface area contributed by atoms with Crippen LogP contribution in [0.4, 0.5) is 11.8 Å². The second kappa shape index (κ2) is 11.2. The van der Waals surface area contributed by atoms with E-state index in [2.05, 4.69) is 52.6 Å². The number of carbonyl (C=O) groups excluding carboxylic acids is 1. The summed E-state index contributed by atoms with van der Waals surface area (Å²) < 4.78 is 5.14. The van der Waals surface area contributed by atoms with Crippen LogP contribution in [-0.4, -0.2) is 62.1 Å². The van der Waals surface area contributed by atoms with Crippen molar-refractivity contribution in [3.63, 3.8) is 0 Å². The highest BCUT2D eigenvalue weighted by Gasteiger charge is 2.53. The monoisotopic (exact) mass is 529 g/mol. The molecule has 2 aliphatic carbocycles. The molecule has 3 atom stereocenters. The maximum absolute atomic E-state index is 13.3. The Morgan fingerprint density at radius 3 is 2.68 bits per heavy atom. The minimum absolute atomic E-state index is 0.0218. The van der Waals surface area contributed by atoms with Crippen LogP contribution in [0, 0.1) is 25.7 Å². The zero-order valence-corrected chi connectivity index (χ0v) is 22.2. The van der Waals surface area contributed by atoms with Crippen molar-refractivity contribution in [2.24, 2.45) is 11.8 Å². The number of piperidine rings is 1. The number of aliphatic hydroxyl groups excluding tert-OH is 1. The van der Waals surface area contributed by atoms with Crippen LogP contribution in [-0.2, 0) is 11.1 Å². The largest absolute Gasteiger partial charge is 0.394 e. The summed E-state index contributed by atoms with van der Waals surface area (Å²) in [7, 11) is -2.37. The molecule has 5 rings (SSSR count). The highest BCUT2D eigenvalue weighted by Crippen LogP contribution is 2.50. The van der Waals surface area contributed by atoms with Crippen molar-refractivity contribution in [3.8, 4) is 0 Å².